The van der Waals surface area contributed by atoms with Gasteiger partial charge in [0.25, 0.3) is 0 Å². The predicted molar refractivity (Wildman–Crippen MR) is 110 cm³/mol. The average Bonchev–Trinajstić information content (AvgIpc) is 2.69. The molecule has 1 aliphatic heterocycles. The van der Waals surface area contributed by atoms with Crippen molar-refractivity contribution in [3.05, 3.63) is 83.4 Å². The number of likely N-dealkylation sites (tertiary alicyclic amines) is 1. The summed E-state index contributed by atoms with van der Waals surface area (Å²) in [6.07, 6.45) is 4.87. The van der Waals surface area contributed by atoms with Gasteiger partial charge < -0.3 is 0 Å². The first-order chi connectivity index (χ1) is 12.9. The summed E-state index contributed by atoms with van der Waals surface area (Å²) in [4.78, 5) is 2.58. The van der Waals surface area contributed by atoms with E-state index >= 15 is 0 Å². The Morgan fingerprint density at radius 2 is 1.54 bits per heavy atom. The van der Waals surface area contributed by atoms with Crippen molar-refractivity contribution in [2.75, 3.05) is 13.1 Å². The van der Waals surface area contributed by atoms with Crippen molar-refractivity contribution in [3.8, 4) is 11.8 Å². The topological polar surface area (TPSA) is 3.24 Å². The van der Waals surface area contributed by atoms with Crippen LogP contribution in [0.1, 0.15) is 36.0 Å². The smallest absolute Gasteiger partial charge is 0.0344 e. The zero-order chi connectivity index (χ0) is 17.6. The van der Waals surface area contributed by atoms with E-state index in [2.05, 4.69) is 77.4 Å². The van der Waals surface area contributed by atoms with Crippen LogP contribution in [0.25, 0.3) is 10.8 Å². The first kappa shape index (κ1) is 16.9. The van der Waals surface area contributed by atoms with Crippen LogP contribution >= 0.6 is 0 Å². The highest BCUT2D eigenvalue weighted by atomic mass is 15.1. The van der Waals surface area contributed by atoms with Crippen LogP contribution in [0.3, 0.4) is 0 Å². The van der Waals surface area contributed by atoms with Gasteiger partial charge in [0.1, 0.15) is 0 Å². The monoisotopic (exact) mass is 339 g/mol. The molecule has 26 heavy (non-hydrogen) atoms. The van der Waals surface area contributed by atoms with Gasteiger partial charge in [0, 0.05) is 18.5 Å². The lowest BCUT2D eigenvalue weighted by Crippen LogP contribution is -2.29. The zero-order valence-electron chi connectivity index (χ0n) is 15.2. The molecule has 1 heteroatoms. The fourth-order valence-electron chi connectivity index (χ4n) is 3.69. The molecular formula is C25H25N. The number of benzene rings is 3. The molecule has 0 spiro atoms. The summed E-state index contributed by atoms with van der Waals surface area (Å²) in [7, 11) is 0. The molecule has 130 valence electrons. The Morgan fingerprint density at radius 3 is 2.38 bits per heavy atom. The Balaban J connectivity index is 1.50. The third-order valence-electron chi connectivity index (χ3n) is 5.13. The summed E-state index contributed by atoms with van der Waals surface area (Å²) in [5.74, 6) is 6.63. The van der Waals surface area contributed by atoms with Crippen molar-refractivity contribution < 1.29 is 0 Å². The van der Waals surface area contributed by atoms with Crippen molar-refractivity contribution in [3.63, 3.8) is 0 Å². The van der Waals surface area contributed by atoms with E-state index in [4.69, 9.17) is 0 Å². The van der Waals surface area contributed by atoms with E-state index in [1.807, 2.05) is 6.07 Å². The molecule has 0 unspecified atom stereocenters. The van der Waals surface area contributed by atoms with Gasteiger partial charge in [0.2, 0.25) is 0 Å². The van der Waals surface area contributed by atoms with E-state index in [9.17, 15) is 0 Å². The molecule has 1 saturated heterocycles. The molecule has 1 fully saturated rings. The first-order valence-electron chi connectivity index (χ1n) is 9.65. The lowest BCUT2D eigenvalue weighted by Gasteiger charge is -2.26. The van der Waals surface area contributed by atoms with Gasteiger partial charge in [0.05, 0.1) is 0 Å². The average molecular weight is 339 g/mol. The van der Waals surface area contributed by atoms with Crippen molar-refractivity contribution >= 4 is 10.8 Å². The van der Waals surface area contributed by atoms with Gasteiger partial charge in [0.15, 0.2) is 0 Å². The van der Waals surface area contributed by atoms with Gasteiger partial charge in [-0.15, -0.1) is 0 Å². The summed E-state index contributed by atoms with van der Waals surface area (Å²) in [6.45, 7) is 3.55. The second kappa shape index (κ2) is 8.21. The number of hydrogen-bond acceptors (Lipinski definition) is 1. The molecular weight excluding hydrogens is 314 g/mol. The normalized spacial score (nSPS) is 14.8. The fraction of sp³-hybridized carbons (Fsp3) is 0.280. The maximum absolute atomic E-state index is 3.33. The highest BCUT2D eigenvalue weighted by Gasteiger charge is 2.10. The molecule has 0 radical (unpaired) electrons. The summed E-state index contributed by atoms with van der Waals surface area (Å²) < 4.78 is 0. The van der Waals surface area contributed by atoms with Gasteiger partial charge >= 0.3 is 0 Å². The second-order valence-corrected chi connectivity index (χ2v) is 7.20. The summed E-state index contributed by atoms with van der Waals surface area (Å²) in [5.41, 5.74) is 3.78. The minimum atomic E-state index is 0.799. The molecule has 1 nitrogen and oxygen atoms in total. The Hall–Kier alpha value is -2.56. The van der Waals surface area contributed by atoms with E-state index in [1.54, 1.807) is 0 Å². The van der Waals surface area contributed by atoms with Crippen LogP contribution in [-0.2, 0) is 13.0 Å². The molecule has 0 aromatic heterocycles. The third kappa shape index (κ3) is 4.34. The highest BCUT2D eigenvalue weighted by Crippen LogP contribution is 2.20. The lowest BCUT2D eigenvalue weighted by atomic mass is 10.0. The number of nitrogens with zero attached hydrogens (tertiary/aromatic N) is 1. The quantitative estimate of drug-likeness (QED) is 0.576. The Labute approximate surface area is 156 Å². The Bertz CT molecular complexity index is 925. The first-order valence-corrected chi connectivity index (χ1v) is 9.65. The third-order valence-corrected chi connectivity index (χ3v) is 5.13. The van der Waals surface area contributed by atoms with Gasteiger partial charge in [-0.05, 0) is 66.0 Å². The van der Waals surface area contributed by atoms with E-state index in [0.717, 1.165) is 18.5 Å². The second-order valence-electron chi connectivity index (χ2n) is 7.20. The minimum absolute atomic E-state index is 0.799. The summed E-state index contributed by atoms with van der Waals surface area (Å²) >= 11 is 0. The molecule has 1 heterocycles. The number of hydrogen-bond donors (Lipinski definition) is 0. The molecule has 0 bridgehead atoms. The summed E-state index contributed by atoms with van der Waals surface area (Å²) in [5, 5.41) is 2.59. The molecule has 4 rings (SSSR count). The van der Waals surface area contributed by atoms with Crippen LogP contribution < -0.4 is 0 Å². The summed E-state index contributed by atoms with van der Waals surface area (Å²) in [6, 6.07) is 23.8. The van der Waals surface area contributed by atoms with E-state index in [-0.39, 0.29) is 0 Å². The standard InChI is InChI=1S/C25H25N/c1-3-8-21(9-4-1)10-7-11-22-12-14-24-15-13-23(19-25(24)18-22)20-26-16-5-2-6-17-26/h1,3-4,8-9,12-15,18-19H,2,5-6,10,16-17,20H2. The van der Waals surface area contributed by atoms with Crippen LogP contribution in [0, 0.1) is 11.8 Å². The van der Waals surface area contributed by atoms with Crippen molar-refractivity contribution in [1.82, 2.24) is 4.90 Å². The van der Waals surface area contributed by atoms with Crippen LogP contribution in [-0.4, -0.2) is 18.0 Å². The molecule has 0 atom stereocenters. The van der Waals surface area contributed by atoms with Crippen molar-refractivity contribution in [1.29, 1.82) is 0 Å². The van der Waals surface area contributed by atoms with Crippen LogP contribution in [0.5, 0.6) is 0 Å². The Kier molecular flexibility index (Phi) is 5.33. The molecule has 0 aliphatic carbocycles. The van der Waals surface area contributed by atoms with Crippen LogP contribution in [0.15, 0.2) is 66.7 Å². The molecule has 1 aliphatic rings. The number of fused-ring (bicyclic) bond motifs is 1. The largest absolute Gasteiger partial charge is 0.299 e. The van der Waals surface area contributed by atoms with Gasteiger partial charge in [-0.3, -0.25) is 4.90 Å². The van der Waals surface area contributed by atoms with Crippen LogP contribution in [0.2, 0.25) is 0 Å². The van der Waals surface area contributed by atoms with E-state index < -0.39 is 0 Å². The number of piperidine rings is 1. The van der Waals surface area contributed by atoms with Crippen molar-refractivity contribution in [2.45, 2.75) is 32.2 Å². The van der Waals surface area contributed by atoms with Gasteiger partial charge in [-0.1, -0.05) is 66.8 Å². The molecule has 3 aromatic rings. The van der Waals surface area contributed by atoms with E-state index in [0.29, 0.717) is 0 Å². The Morgan fingerprint density at radius 1 is 0.731 bits per heavy atom. The molecule has 3 aromatic carbocycles. The fourth-order valence-corrected chi connectivity index (χ4v) is 3.69. The molecule has 0 amide bonds. The maximum Gasteiger partial charge on any atom is 0.0344 e. The SMILES string of the molecule is C(#Cc1ccc2ccc(CN3CCCCC3)cc2c1)Cc1ccccc1. The van der Waals surface area contributed by atoms with Gasteiger partial charge in [-0.25, -0.2) is 0 Å². The molecule has 0 N–H and O–H groups in total. The zero-order valence-corrected chi connectivity index (χ0v) is 15.2. The van der Waals surface area contributed by atoms with E-state index in [1.165, 1.54) is 54.3 Å². The number of rotatable bonds is 3. The highest BCUT2D eigenvalue weighted by molar-refractivity contribution is 5.84. The van der Waals surface area contributed by atoms with Gasteiger partial charge in [-0.2, -0.15) is 0 Å². The predicted octanol–water partition coefficient (Wildman–Crippen LogP) is 5.42. The van der Waals surface area contributed by atoms with Crippen molar-refractivity contribution in [2.24, 2.45) is 0 Å². The maximum atomic E-state index is 3.33. The molecule has 0 saturated carbocycles. The minimum Gasteiger partial charge on any atom is -0.299 e. The van der Waals surface area contributed by atoms with Crippen LogP contribution in [0.4, 0.5) is 0 Å². The lowest BCUT2D eigenvalue weighted by molar-refractivity contribution is 0.221.